The Labute approximate surface area is 155 Å². The highest BCUT2D eigenvalue weighted by Gasteiger charge is 2.35. The first kappa shape index (κ1) is 18.4. The number of allylic oxidation sites excluding steroid dienone is 1. The maximum atomic E-state index is 12.5. The molecule has 2 aromatic rings. The Morgan fingerprint density at radius 1 is 0.962 bits per heavy atom. The maximum absolute atomic E-state index is 12.5. The van der Waals surface area contributed by atoms with Gasteiger partial charge in [0, 0.05) is 29.9 Å². The van der Waals surface area contributed by atoms with Crippen LogP contribution in [0, 0.1) is 33.1 Å². The zero-order valence-electron chi connectivity index (χ0n) is 16.6. The van der Waals surface area contributed by atoms with Crippen LogP contribution < -0.4 is 0 Å². The molecule has 1 heterocycles. The molecular weight excluding hydrogens is 322 g/mol. The van der Waals surface area contributed by atoms with Gasteiger partial charge < -0.3 is 4.57 Å². The molecule has 1 aliphatic carbocycles. The van der Waals surface area contributed by atoms with E-state index >= 15 is 0 Å². The Hall–Kier alpha value is -2.42. The van der Waals surface area contributed by atoms with Crippen molar-refractivity contribution < 1.29 is 9.59 Å². The van der Waals surface area contributed by atoms with Crippen molar-refractivity contribution in [3.05, 3.63) is 57.9 Å². The molecule has 0 radical (unpaired) electrons. The molecule has 0 saturated heterocycles. The minimum absolute atomic E-state index is 0.0393. The van der Waals surface area contributed by atoms with Crippen molar-refractivity contribution in [3.8, 4) is 5.69 Å². The fourth-order valence-corrected chi connectivity index (χ4v) is 3.95. The van der Waals surface area contributed by atoms with E-state index in [0.29, 0.717) is 18.4 Å². The highest BCUT2D eigenvalue weighted by Crippen LogP contribution is 2.35. The number of carbonyl (C=O) groups is 2. The number of hydrogen-bond acceptors (Lipinski definition) is 2. The number of carbonyl (C=O) groups excluding carboxylic acids is 2. The van der Waals surface area contributed by atoms with Crippen LogP contribution in [0.2, 0.25) is 0 Å². The first-order valence-electron chi connectivity index (χ1n) is 9.14. The summed E-state index contributed by atoms with van der Waals surface area (Å²) in [4.78, 5) is 25.0. The van der Waals surface area contributed by atoms with Crippen molar-refractivity contribution in [3.63, 3.8) is 0 Å². The predicted molar refractivity (Wildman–Crippen MR) is 106 cm³/mol. The molecule has 26 heavy (non-hydrogen) atoms. The highest BCUT2D eigenvalue weighted by atomic mass is 16.1. The van der Waals surface area contributed by atoms with Gasteiger partial charge in [0.1, 0.15) is 0 Å². The molecule has 0 N–H and O–H groups in total. The Morgan fingerprint density at radius 3 is 2.15 bits per heavy atom. The second-order valence-electron chi connectivity index (χ2n) is 8.37. The van der Waals surface area contributed by atoms with E-state index in [1.54, 1.807) is 6.08 Å². The lowest BCUT2D eigenvalue weighted by Crippen LogP contribution is -2.31. The van der Waals surface area contributed by atoms with Gasteiger partial charge in [0.25, 0.3) is 0 Å². The van der Waals surface area contributed by atoms with Crippen molar-refractivity contribution in [2.45, 2.75) is 54.4 Å². The SMILES string of the molecule is Cc1ccc(-n2c(C)cc(C=C3C(=O)CC(C)(C)CC3=O)c2C)c(C)c1. The van der Waals surface area contributed by atoms with E-state index in [4.69, 9.17) is 0 Å². The molecule has 3 rings (SSSR count). The van der Waals surface area contributed by atoms with Crippen molar-refractivity contribution in [1.29, 1.82) is 0 Å². The molecule has 3 nitrogen and oxygen atoms in total. The minimum atomic E-state index is -0.235. The molecule has 0 atom stereocenters. The monoisotopic (exact) mass is 349 g/mol. The van der Waals surface area contributed by atoms with E-state index in [0.717, 1.165) is 22.6 Å². The number of rotatable bonds is 2. The van der Waals surface area contributed by atoms with Crippen molar-refractivity contribution in [2.24, 2.45) is 5.41 Å². The maximum Gasteiger partial charge on any atom is 0.167 e. The fourth-order valence-electron chi connectivity index (χ4n) is 3.95. The Morgan fingerprint density at radius 2 is 1.58 bits per heavy atom. The van der Waals surface area contributed by atoms with E-state index in [-0.39, 0.29) is 17.0 Å². The number of nitrogens with zero attached hydrogens (tertiary/aromatic N) is 1. The number of aryl methyl sites for hydroxylation is 3. The summed E-state index contributed by atoms with van der Waals surface area (Å²) in [6, 6.07) is 8.46. The highest BCUT2D eigenvalue weighted by molar-refractivity contribution is 6.25. The number of aromatic nitrogens is 1. The molecule has 0 amide bonds. The van der Waals surface area contributed by atoms with Crippen LogP contribution in [-0.4, -0.2) is 16.1 Å². The molecule has 1 aliphatic rings. The van der Waals surface area contributed by atoms with Crippen LogP contribution in [0.25, 0.3) is 11.8 Å². The molecule has 1 aromatic heterocycles. The fraction of sp³-hybridized carbons (Fsp3) is 0.391. The van der Waals surface area contributed by atoms with Gasteiger partial charge in [-0.3, -0.25) is 9.59 Å². The van der Waals surface area contributed by atoms with Gasteiger partial charge in [-0.1, -0.05) is 31.5 Å². The second-order valence-corrected chi connectivity index (χ2v) is 8.37. The van der Waals surface area contributed by atoms with Gasteiger partial charge in [0.15, 0.2) is 11.6 Å². The van der Waals surface area contributed by atoms with Crippen LogP contribution in [0.3, 0.4) is 0 Å². The zero-order valence-corrected chi connectivity index (χ0v) is 16.6. The summed E-state index contributed by atoms with van der Waals surface area (Å²) in [5.74, 6) is -0.0786. The third-order valence-corrected chi connectivity index (χ3v) is 5.24. The summed E-state index contributed by atoms with van der Waals surface area (Å²) in [6.07, 6.45) is 2.66. The lowest BCUT2D eigenvalue weighted by molar-refractivity contribution is -0.127. The summed E-state index contributed by atoms with van der Waals surface area (Å²) in [6.45, 7) is 12.2. The first-order valence-corrected chi connectivity index (χ1v) is 9.14. The Balaban J connectivity index is 2.06. The quantitative estimate of drug-likeness (QED) is 0.562. The number of benzene rings is 1. The average Bonchev–Trinajstić information content (AvgIpc) is 2.77. The number of hydrogen-bond donors (Lipinski definition) is 0. The van der Waals surface area contributed by atoms with Gasteiger partial charge in [-0.2, -0.15) is 0 Å². The van der Waals surface area contributed by atoms with Gasteiger partial charge in [-0.25, -0.2) is 0 Å². The van der Waals surface area contributed by atoms with Crippen LogP contribution >= 0.6 is 0 Å². The standard InChI is InChI=1S/C23H27NO2/c1-14-7-8-20(15(2)9-14)24-16(3)10-18(17(24)4)11-19-21(25)12-23(5,6)13-22(19)26/h7-11H,12-13H2,1-6H3. The van der Waals surface area contributed by atoms with Gasteiger partial charge >= 0.3 is 0 Å². The van der Waals surface area contributed by atoms with E-state index in [9.17, 15) is 9.59 Å². The Bertz CT molecular complexity index is 919. The lowest BCUT2D eigenvalue weighted by atomic mass is 9.74. The van der Waals surface area contributed by atoms with Gasteiger partial charge in [-0.15, -0.1) is 0 Å². The van der Waals surface area contributed by atoms with Gasteiger partial charge in [0.05, 0.1) is 5.57 Å². The minimum Gasteiger partial charge on any atom is -0.318 e. The topological polar surface area (TPSA) is 39.1 Å². The van der Waals surface area contributed by atoms with Crippen LogP contribution in [0.5, 0.6) is 0 Å². The molecule has 0 spiro atoms. The Kier molecular flexibility index (Phi) is 4.51. The summed E-state index contributed by atoms with van der Waals surface area (Å²) in [5.41, 5.74) is 6.78. The van der Waals surface area contributed by atoms with Crippen molar-refractivity contribution in [2.75, 3.05) is 0 Å². The molecular formula is C23H27NO2. The van der Waals surface area contributed by atoms with Crippen LogP contribution in [0.1, 0.15) is 54.8 Å². The molecule has 136 valence electrons. The van der Waals surface area contributed by atoms with E-state index < -0.39 is 0 Å². The number of Topliss-reactive ketones (excluding diaryl/α,β-unsaturated/α-hetero) is 2. The third kappa shape index (κ3) is 3.31. The molecule has 1 saturated carbocycles. The first-order chi connectivity index (χ1) is 12.1. The van der Waals surface area contributed by atoms with Gasteiger partial charge in [-0.05, 0) is 62.4 Å². The smallest absolute Gasteiger partial charge is 0.167 e. The molecule has 0 bridgehead atoms. The van der Waals surface area contributed by atoms with Crippen LogP contribution in [-0.2, 0) is 9.59 Å². The summed E-state index contributed by atoms with van der Waals surface area (Å²) in [7, 11) is 0. The number of ketones is 2. The van der Waals surface area contributed by atoms with Crippen LogP contribution in [0.4, 0.5) is 0 Å². The third-order valence-electron chi connectivity index (χ3n) is 5.24. The molecule has 1 aromatic carbocycles. The van der Waals surface area contributed by atoms with Crippen molar-refractivity contribution >= 4 is 17.6 Å². The lowest BCUT2D eigenvalue weighted by Gasteiger charge is -2.28. The second kappa shape index (κ2) is 6.39. The van der Waals surface area contributed by atoms with E-state index in [1.807, 2.05) is 20.8 Å². The summed E-state index contributed by atoms with van der Waals surface area (Å²) >= 11 is 0. The summed E-state index contributed by atoms with van der Waals surface area (Å²) in [5, 5.41) is 0. The predicted octanol–water partition coefficient (Wildman–Crippen LogP) is 5.05. The van der Waals surface area contributed by atoms with E-state index in [2.05, 4.69) is 49.6 Å². The molecule has 3 heteroatoms. The molecule has 0 aliphatic heterocycles. The molecule has 0 unspecified atom stereocenters. The van der Waals surface area contributed by atoms with Crippen LogP contribution in [0.15, 0.2) is 29.8 Å². The normalized spacial score (nSPS) is 16.9. The summed E-state index contributed by atoms with van der Waals surface area (Å²) < 4.78 is 2.20. The average molecular weight is 349 g/mol. The largest absolute Gasteiger partial charge is 0.318 e. The van der Waals surface area contributed by atoms with E-state index in [1.165, 1.54) is 11.1 Å². The molecule has 1 fully saturated rings. The zero-order chi connectivity index (χ0) is 19.2. The van der Waals surface area contributed by atoms with Gasteiger partial charge in [0.2, 0.25) is 0 Å². The van der Waals surface area contributed by atoms with Crippen molar-refractivity contribution in [1.82, 2.24) is 4.57 Å².